The lowest BCUT2D eigenvalue weighted by Crippen LogP contribution is -2.37. The molecule has 0 fully saturated rings. The van der Waals surface area contributed by atoms with E-state index in [-0.39, 0.29) is 29.9 Å². The van der Waals surface area contributed by atoms with Gasteiger partial charge >= 0.3 is 0 Å². The molecule has 0 saturated carbocycles. The van der Waals surface area contributed by atoms with Crippen LogP contribution < -0.4 is 20.1 Å². The van der Waals surface area contributed by atoms with Crippen molar-refractivity contribution < 1.29 is 27.9 Å². The lowest BCUT2D eigenvalue weighted by Gasteiger charge is -2.23. The molecule has 0 saturated heterocycles. The smallest absolute Gasteiger partial charge is 0.287 e. The molecule has 1 aliphatic rings. The molecule has 4 rings (SSSR count). The molecule has 2 aromatic heterocycles. The largest absolute Gasteiger partial charge is 0.486 e. The van der Waals surface area contributed by atoms with Gasteiger partial charge in [0, 0.05) is 6.54 Å². The molecular formula is C22H22N2O6. The number of carbonyl (C=O) groups is 2. The molecular weight excluding hydrogens is 388 g/mol. The third-order valence-corrected chi connectivity index (χ3v) is 4.67. The number of hydrogen-bond acceptors (Lipinski definition) is 6. The summed E-state index contributed by atoms with van der Waals surface area (Å²) in [7, 11) is 0. The van der Waals surface area contributed by atoms with Gasteiger partial charge in [-0.1, -0.05) is 6.07 Å². The summed E-state index contributed by atoms with van der Waals surface area (Å²) >= 11 is 0. The predicted octanol–water partition coefficient (Wildman–Crippen LogP) is 3.16. The van der Waals surface area contributed by atoms with Crippen LogP contribution in [0.1, 0.15) is 44.2 Å². The molecule has 0 bridgehead atoms. The first kappa shape index (κ1) is 19.6. The average molecular weight is 410 g/mol. The second kappa shape index (κ2) is 8.36. The number of hydrogen-bond donors (Lipinski definition) is 2. The lowest BCUT2D eigenvalue weighted by atomic mass is 10.1. The molecule has 2 amide bonds. The van der Waals surface area contributed by atoms with E-state index >= 15 is 0 Å². The Hall–Kier alpha value is -3.68. The molecule has 1 aromatic carbocycles. The Kier molecular flexibility index (Phi) is 5.47. The highest BCUT2D eigenvalue weighted by Crippen LogP contribution is 2.32. The maximum Gasteiger partial charge on any atom is 0.287 e. The van der Waals surface area contributed by atoms with E-state index in [1.807, 2.05) is 6.07 Å². The van der Waals surface area contributed by atoms with Crippen LogP contribution in [-0.2, 0) is 0 Å². The molecule has 1 atom stereocenters. The zero-order valence-corrected chi connectivity index (χ0v) is 16.7. The molecule has 156 valence electrons. The molecule has 0 radical (unpaired) electrons. The fourth-order valence-corrected chi connectivity index (χ4v) is 3.15. The minimum Gasteiger partial charge on any atom is -0.486 e. The van der Waals surface area contributed by atoms with Gasteiger partial charge in [-0.25, -0.2) is 0 Å². The Morgan fingerprint density at radius 3 is 2.13 bits per heavy atom. The van der Waals surface area contributed by atoms with Gasteiger partial charge in [0.05, 0.1) is 6.04 Å². The van der Waals surface area contributed by atoms with Crippen LogP contribution in [0.15, 0.2) is 51.3 Å². The van der Waals surface area contributed by atoms with Gasteiger partial charge in [-0.15, -0.1) is 0 Å². The summed E-state index contributed by atoms with van der Waals surface area (Å²) in [6, 6.07) is 11.5. The molecule has 1 aliphatic heterocycles. The van der Waals surface area contributed by atoms with Crippen LogP contribution in [-0.4, -0.2) is 31.6 Å². The van der Waals surface area contributed by atoms with Gasteiger partial charge < -0.3 is 28.9 Å². The number of amides is 2. The number of furan rings is 2. The summed E-state index contributed by atoms with van der Waals surface area (Å²) < 4.78 is 22.0. The monoisotopic (exact) mass is 410 g/mol. The van der Waals surface area contributed by atoms with Gasteiger partial charge in [0.2, 0.25) is 0 Å². The van der Waals surface area contributed by atoms with Crippen molar-refractivity contribution in [1.82, 2.24) is 10.6 Å². The normalized spacial score (nSPS) is 13.5. The molecule has 8 heteroatoms. The highest BCUT2D eigenvalue weighted by molar-refractivity contribution is 5.92. The Bertz CT molecular complexity index is 1070. The molecule has 30 heavy (non-hydrogen) atoms. The molecule has 0 spiro atoms. The number of carbonyl (C=O) groups excluding carboxylic acids is 2. The summed E-state index contributed by atoms with van der Waals surface area (Å²) in [4.78, 5) is 25.1. The first-order chi connectivity index (χ1) is 14.5. The van der Waals surface area contributed by atoms with Crippen molar-refractivity contribution >= 4 is 11.8 Å². The van der Waals surface area contributed by atoms with Crippen molar-refractivity contribution in [3.8, 4) is 11.5 Å². The van der Waals surface area contributed by atoms with Crippen LogP contribution in [0.2, 0.25) is 0 Å². The lowest BCUT2D eigenvalue weighted by molar-refractivity contribution is 0.0879. The van der Waals surface area contributed by atoms with Crippen molar-refractivity contribution in [3.63, 3.8) is 0 Å². The highest BCUT2D eigenvalue weighted by atomic mass is 16.6. The van der Waals surface area contributed by atoms with Gasteiger partial charge in [-0.3, -0.25) is 9.59 Å². The van der Waals surface area contributed by atoms with Gasteiger partial charge in [0.25, 0.3) is 11.8 Å². The van der Waals surface area contributed by atoms with Gasteiger partial charge in [0.15, 0.2) is 23.0 Å². The van der Waals surface area contributed by atoms with Crippen LogP contribution in [0, 0.1) is 13.8 Å². The maximum absolute atomic E-state index is 12.7. The van der Waals surface area contributed by atoms with Crippen LogP contribution in [0.25, 0.3) is 0 Å². The number of rotatable bonds is 6. The van der Waals surface area contributed by atoms with E-state index in [4.69, 9.17) is 18.3 Å². The second-order valence-electron chi connectivity index (χ2n) is 6.96. The third-order valence-electron chi connectivity index (χ3n) is 4.67. The van der Waals surface area contributed by atoms with E-state index < -0.39 is 6.04 Å². The molecule has 3 aromatic rings. The van der Waals surface area contributed by atoms with Crippen molar-refractivity contribution in [2.24, 2.45) is 0 Å². The molecule has 0 unspecified atom stereocenters. The van der Waals surface area contributed by atoms with Crippen LogP contribution in [0.5, 0.6) is 11.5 Å². The molecule has 3 heterocycles. The Labute approximate surface area is 173 Å². The second-order valence-corrected chi connectivity index (χ2v) is 6.96. The van der Waals surface area contributed by atoms with Crippen LogP contribution in [0.4, 0.5) is 0 Å². The van der Waals surface area contributed by atoms with Crippen molar-refractivity contribution in [1.29, 1.82) is 0 Å². The first-order valence-corrected chi connectivity index (χ1v) is 9.61. The maximum atomic E-state index is 12.7. The van der Waals surface area contributed by atoms with E-state index in [0.717, 1.165) is 5.56 Å². The summed E-state index contributed by atoms with van der Waals surface area (Å²) in [6.07, 6.45) is 0. The van der Waals surface area contributed by atoms with Crippen molar-refractivity contribution in [3.05, 3.63) is 71.1 Å². The standard InChI is InChI=1S/C22H22N2O6/c1-13-3-6-18(29-13)21(25)23-12-16(24-22(26)19-7-4-14(2)30-19)15-5-8-17-20(11-15)28-10-9-27-17/h3-8,11,16H,9-10,12H2,1-2H3,(H,23,25)(H,24,26)/t16-/m0/s1. The van der Waals surface area contributed by atoms with Crippen LogP contribution >= 0.6 is 0 Å². The average Bonchev–Trinajstić information content (AvgIpc) is 3.38. The summed E-state index contributed by atoms with van der Waals surface area (Å²) in [5.41, 5.74) is 0.756. The zero-order chi connectivity index (χ0) is 21.1. The van der Waals surface area contributed by atoms with Gasteiger partial charge in [-0.2, -0.15) is 0 Å². The third kappa shape index (κ3) is 4.32. The Balaban J connectivity index is 1.54. The quantitative estimate of drug-likeness (QED) is 0.647. The fourth-order valence-electron chi connectivity index (χ4n) is 3.15. The van der Waals surface area contributed by atoms with E-state index in [9.17, 15) is 9.59 Å². The predicted molar refractivity (Wildman–Crippen MR) is 107 cm³/mol. The van der Waals surface area contributed by atoms with Gasteiger partial charge in [-0.05, 0) is 55.8 Å². The summed E-state index contributed by atoms with van der Waals surface area (Å²) in [6.45, 7) is 4.61. The van der Waals surface area contributed by atoms with Crippen molar-refractivity contribution in [2.75, 3.05) is 19.8 Å². The fraction of sp³-hybridized carbons (Fsp3) is 0.273. The topological polar surface area (TPSA) is 103 Å². The summed E-state index contributed by atoms with van der Waals surface area (Å²) in [5.74, 6) is 2.18. The van der Waals surface area contributed by atoms with E-state index in [2.05, 4.69) is 10.6 Å². The van der Waals surface area contributed by atoms with E-state index in [1.165, 1.54) is 0 Å². The Morgan fingerprint density at radius 1 is 0.867 bits per heavy atom. The Morgan fingerprint density at radius 2 is 1.50 bits per heavy atom. The van der Waals surface area contributed by atoms with E-state index in [1.54, 1.807) is 50.2 Å². The molecule has 0 aliphatic carbocycles. The van der Waals surface area contributed by atoms with Crippen molar-refractivity contribution in [2.45, 2.75) is 19.9 Å². The minimum absolute atomic E-state index is 0.143. The number of ether oxygens (including phenoxy) is 2. The zero-order valence-electron chi connectivity index (χ0n) is 16.7. The molecule has 8 nitrogen and oxygen atoms in total. The van der Waals surface area contributed by atoms with Gasteiger partial charge in [0.1, 0.15) is 24.7 Å². The van der Waals surface area contributed by atoms with Crippen LogP contribution in [0.3, 0.4) is 0 Å². The van der Waals surface area contributed by atoms with E-state index in [0.29, 0.717) is 36.2 Å². The SMILES string of the molecule is Cc1ccc(C(=O)NC[C@H](NC(=O)c2ccc(C)o2)c2ccc3c(c2)OCCO3)o1. The number of nitrogens with one attached hydrogen (secondary N) is 2. The number of fused-ring (bicyclic) bond motifs is 1. The number of aryl methyl sites for hydroxylation is 2. The minimum atomic E-state index is -0.529. The first-order valence-electron chi connectivity index (χ1n) is 9.61. The number of benzene rings is 1. The molecule has 2 N–H and O–H groups in total. The highest BCUT2D eigenvalue weighted by Gasteiger charge is 2.22. The summed E-state index contributed by atoms with van der Waals surface area (Å²) in [5, 5.41) is 5.71.